The lowest BCUT2D eigenvalue weighted by atomic mass is 10.1. The molecule has 0 fully saturated rings. The fourth-order valence-electron chi connectivity index (χ4n) is 3.80. The van der Waals surface area contributed by atoms with E-state index in [4.69, 9.17) is 32.7 Å². The van der Waals surface area contributed by atoms with Crippen molar-refractivity contribution in [2.45, 2.75) is 6.54 Å². The molecule has 2 N–H and O–H groups in total. The van der Waals surface area contributed by atoms with Gasteiger partial charge in [0.15, 0.2) is 17.2 Å². The highest BCUT2D eigenvalue weighted by Gasteiger charge is 2.25. The minimum absolute atomic E-state index is 0.0545. The smallest absolute Gasteiger partial charge is 0.354 e. The fourth-order valence-corrected chi connectivity index (χ4v) is 4.12. The molecule has 0 aliphatic rings. The number of carboxylic acids is 1. The van der Waals surface area contributed by atoms with Gasteiger partial charge in [0.05, 0.1) is 35.5 Å². The average Bonchev–Trinajstić information content (AvgIpc) is 3.14. The highest BCUT2D eigenvalue weighted by atomic mass is 35.5. The third-order valence-electron chi connectivity index (χ3n) is 5.38. The number of aromatic carboxylic acids is 1. The number of carbonyl (C=O) groups excluding carboxylic acids is 1. The van der Waals surface area contributed by atoms with Crippen molar-refractivity contribution in [3.05, 3.63) is 87.5 Å². The summed E-state index contributed by atoms with van der Waals surface area (Å²) < 4.78 is 12.1. The highest BCUT2D eigenvalue weighted by molar-refractivity contribution is 6.42. The molecule has 4 rings (SSSR count). The molecule has 4 aromatic rings. The van der Waals surface area contributed by atoms with E-state index >= 15 is 0 Å². The van der Waals surface area contributed by atoms with E-state index in [1.165, 1.54) is 20.3 Å². The lowest BCUT2D eigenvalue weighted by Crippen LogP contribution is -2.16. The first-order valence-electron chi connectivity index (χ1n) is 10.2. The number of carbonyl (C=O) groups is 2. The molecule has 9 heteroatoms. The number of methoxy groups -OCH3 is 2. The van der Waals surface area contributed by atoms with Crippen molar-refractivity contribution in [3.63, 3.8) is 0 Å². The molecule has 1 heterocycles. The van der Waals surface area contributed by atoms with Gasteiger partial charge < -0.3 is 24.5 Å². The van der Waals surface area contributed by atoms with E-state index in [-0.39, 0.29) is 23.5 Å². The molecule has 0 unspecified atom stereocenters. The van der Waals surface area contributed by atoms with Gasteiger partial charge in [-0.05, 0) is 42.0 Å². The lowest BCUT2D eigenvalue weighted by Gasteiger charge is -2.12. The Morgan fingerprint density at radius 3 is 2.35 bits per heavy atom. The Hall–Kier alpha value is -3.68. The van der Waals surface area contributed by atoms with Gasteiger partial charge in [-0.25, -0.2) is 4.79 Å². The van der Waals surface area contributed by atoms with E-state index in [1.807, 2.05) is 0 Å². The minimum atomic E-state index is -1.18. The summed E-state index contributed by atoms with van der Waals surface area (Å²) in [5.74, 6) is -0.807. The van der Waals surface area contributed by atoms with Crippen molar-refractivity contribution in [3.8, 4) is 11.5 Å². The van der Waals surface area contributed by atoms with Crippen LogP contribution in [0.4, 0.5) is 5.69 Å². The predicted molar refractivity (Wildman–Crippen MR) is 132 cm³/mol. The zero-order valence-corrected chi connectivity index (χ0v) is 19.8. The van der Waals surface area contributed by atoms with Crippen LogP contribution in [0.5, 0.6) is 11.5 Å². The van der Waals surface area contributed by atoms with Crippen molar-refractivity contribution in [2.24, 2.45) is 0 Å². The first-order chi connectivity index (χ1) is 16.3. The molecule has 0 saturated carbocycles. The largest absolute Gasteiger partial charge is 0.493 e. The molecule has 7 nitrogen and oxygen atoms in total. The summed E-state index contributed by atoms with van der Waals surface area (Å²) in [7, 11) is 2.97. The number of hydrogen-bond acceptors (Lipinski definition) is 4. The summed E-state index contributed by atoms with van der Waals surface area (Å²) in [6.07, 6.45) is 0. The van der Waals surface area contributed by atoms with Crippen LogP contribution in [0, 0.1) is 0 Å². The maximum absolute atomic E-state index is 13.1. The van der Waals surface area contributed by atoms with Crippen LogP contribution < -0.4 is 14.8 Å². The van der Waals surface area contributed by atoms with Gasteiger partial charge in [-0.15, -0.1) is 0 Å². The maximum atomic E-state index is 13.1. The number of carboxylic acid groups (broad SMARTS) is 1. The van der Waals surface area contributed by atoms with E-state index in [0.717, 1.165) is 5.56 Å². The molecule has 1 aromatic heterocycles. The molecule has 1 amide bonds. The first kappa shape index (κ1) is 23.5. The average molecular weight is 499 g/mol. The topological polar surface area (TPSA) is 89.8 Å². The van der Waals surface area contributed by atoms with E-state index in [1.54, 1.807) is 59.2 Å². The van der Waals surface area contributed by atoms with Gasteiger partial charge in [0.2, 0.25) is 0 Å². The highest BCUT2D eigenvalue weighted by Crippen LogP contribution is 2.34. The van der Waals surface area contributed by atoms with Gasteiger partial charge in [-0.1, -0.05) is 47.5 Å². The summed E-state index contributed by atoms with van der Waals surface area (Å²) in [5.41, 5.74) is 1.84. The number of benzene rings is 3. The molecule has 3 aromatic carbocycles. The number of rotatable bonds is 7. The van der Waals surface area contributed by atoms with Gasteiger partial charge in [0.25, 0.3) is 5.91 Å². The number of halogens is 2. The fraction of sp³-hybridized carbons (Fsp3) is 0.120. The lowest BCUT2D eigenvalue weighted by molar-refractivity contribution is 0.0687. The van der Waals surface area contributed by atoms with Gasteiger partial charge >= 0.3 is 5.97 Å². The molecular formula is C25H20Cl2N2O5. The number of ether oxygens (including phenoxy) is 2. The number of nitrogens with one attached hydrogen (secondary N) is 1. The van der Waals surface area contributed by atoms with E-state index in [2.05, 4.69) is 5.32 Å². The van der Waals surface area contributed by atoms with E-state index < -0.39 is 11.9 Å². The Kier molecular flexibility index (Phi) is 6.68. The quantitative estimate of drug-likeness (QED) is 0.327. The van der Waals surface area contributed by atoms with Crippen LogP contribution in [0.3, 0.4) is 0 Å². The van der Waals surface area contributed by atoms with Crippen LogP contribution in [0.2, 0.25) is 10.0 Å². The zero-order valence-electron chi connectivity index (χ0n) is 18.3. The van der Waals surface area contributed by atoms with Crippen molar-refractivity contribution in [2.75, 3.05) is 19.5 Å². The third kappa shape index (κ3) is 4.40. The van der Waals surface area contributed by atoms with Gasteiger partial charge in [-0.2, -0.15) is 0 Å². The van der Waals surface area contributed by atoms with Crippen LogP contribution >= 0.6 is 23.2 Å². The second kappa shape index (κ2) is 9.67. The molecule has 0 aliphatic heterocycles. The van der Waals surface area contributed by atoms with Crippen molar-refractivity contribution < 1.29 is 24.2 Å². The molecule has 0 saturated heterocycles. The Morgan fingerprint density at radius 2 is 1.68 bits per heavy atom. The SMILES string of the molecule is COc1ccc(C(=O)Nc2c(C(=O)O)n(Cc3ccc(Cl)c(Cl)c3)c3ccccc23)cc1OC. The number of aromatic nitrogens is 1. The number of amides is 1. The first-order valence-corrected chi connectivity index (χ1v) is 10.9. The molecular weight excluding hydrogens is 479 g/mol. The number of hydrogen-bond donors (Lipinski definition) is 2. The maximum Gasteiger partial charge on any atom is 0.354 e. The van der Waals surface area contributed by atoms with Crippen LogP contribution in [0.25, 0.3) is 10.9 Å². The number of anilines is 1. The summed E-state index contributed by atoms with van der Waals surface area (Å²) in [5, 5.41) is 14.3. The Labute approximate surface area is 205 Å². The molecule has 0 spiro atoms. The molecule has 0 atom stereocenters. The summed E-state index contributed by atoms with van der Waals surface area (Å²) in [6, 6.07) is 17.0. The Bertz CT molecular complexity index is 1410. The molecule has 0 bridgehead atoms. The van der Waals surface area contributed by atoms with Gasteiger partial charge in [0, 0.05) is 17.5 Å². The Balaban J connectivity index is 1.80. The van der Waals surface area contributed by atoms with E-state index in [9.17, 15) is 14.7 Å². The number of nitrogens with zero attached hydrogens (tertiary/aromatic N) is 1. The Morgan fingerprint density at radius 1 is 0.941 bits per heavy atom. The number of para-hydroxylation sites is 1. The van der Waals surface area contributed by atoms with Crippen LogP contribution in [-0.2, 0) is 6.54 Å². The second-order valence-electron chi connectivity index (χ2n) is 7.40. The van der Waals surface area contributed by atoms with E-state index in [0.29, 0.717) is 32.4 Å². The van der Waals surface area contributed by atoms with Crippen molar-refractivity contribution in [1.29, 1.82) is 0 Å². The third-order valence-corrected chi connectivity index (χ3v) is 6.12. The van der Waals surface area contributed by atoms with Crippen LogP contribution in [0.15, 0.2) is 60.7 Å². The monoisotopic (exact) mass is 498 g/mol. The minimum Gasteiger partial charge on any atom is -0.493 e. The standard InChI is InChI=1S/C25H20Cl2N2O5/c1-33-20-10-8-15(12-21(20)34-2)24(30)28-22-16-5-3-4-6-19(16)29(23(22)25(31)32)13-14-7-9-17(26)18(27)11-14/h3-12H,13H2,1-2H3,(H,28,30)(H,31,32). The van der Waals surface area contributed by atoms with Crippen LogP contribution in [-0.4, -0.2) is 35.8 Å². The van der Waals surface area contributed by atoms with Crippen molar-refractivity contribution in [1.82, 2.24) is 4.57 Å². The van der Waals surface area contributed by atoms with Gasteiger partial charge in [-0.3, -0.25) is 4.79 Å². The summed E-state index contributed by atoms with van der Waals surface area (Å²) in [6.45, 7) is 0.214. The summed E-state index contributed by atoms with van der Waals surface area (Å²) in [4.78, 5) is 25.5. The predicted octanol–water partition coefficient (Wildman–Crippen LogP) is 5.96. The summed E-state index contributed by atoms with van der Waals surface area (Å²) >= 11 is 12.2. The number of fused-ring (bicyclic) bond motifs is 1. The molecule has 0 radical (unpaired) electrons. The molecule has 174 valence electrons. The van der Waals surface area contributed by atoms with Crippen LogP contribution in [0.1, 0.15) is 26.4 Å². The second-order valence-corrected chi connectivity index (χ2v) is 8.22. The normalized spacial score (nSPS) is 10.8. The molecule has 34 heavy (non-hydrogen) atoms. The molecule has 0 aliphatic carbocycles. The van der Waals surface area contributed by atoms with Gasteiger partial charge in [0.1, 0.15) is 0 Å². The zero-order chi connectivity index (χ0) is 24.4. The van der Waals surface area contributed by atoms with Crippen molar-refractivity contribution >= 4 is 51.7 Å².